The van der Waals surface area contributed by atoms with Gasteiger partial charge >= 0.3 is 0 Å². The van der Waals surface area contributed by atoms with Crippen LogP contribution >= 0.6 is 0 Å². The number of rotatable bonds is 7. The zero-order chi connectivity index (χ0) is 24.2. The first-order valence-electron chi connectivity index (χ1n) is 12.3. The molecule has 2 bridgehead atoms. The smallest absolute Gasteiger partial charge is 0.230 e. The zero-order valence-electron chi connectivity index (χ0n) is 20.4. The fraction of sp³-hybridized carbons (Fsp3) is 0.667. The molecule has 3 aliphatic rings. The van der Waals surface area contributed by atoms with Crippen LogP contribution in [0.2, 0.25) is 0 Å². The first kappa shape index (κ1) is 24.3. The van der Waals surface area contributed by atoms with Gasteiger partial charge in [0.05, 0.1) is 13.2 Å². The number of allylic oxidation sites excluding steroid dienone is 1. The summed E-state index contributed by atoms with van der Waals surface area (Å²) in [7, 11) is 2.01. The summed E-state index contributed by atoms with van der Waals surface area (Å²) in [6.45, 7) is 4.92. The molecule has 4 heterocycles. The molecule has 4 atom stereocenters. The number of carbonyl (C=O) groups excluding carboxylic acids is 1. The minimum Gasteiger partial charge on any atom is -0.472 e. The minimum atomic E-state index is -0.0453. The molecule has 1 amide bonds. The Morgan fingerprint density at radius 2 is 2.03 bits per heavy atom. The van der Waals surface area contributed by atoms with E-state index in [0.717, 1.165) is 32.1 Å². The number of fused-ring (bicyclic) bond motifs is 2. The van der Waals surface area contributed by atoms with Gasteiger partial charge in [-0.25, -0.2) is 4.99 Å². The van der Waals surface area contributed by atoms with Gasteiger partial charge in [-0.05, 0) is 45.1 Å². The van der Waals surface area contributed by atoms with Crippen molar-refractivity contribution in [1.29, 1.82) is 0 Å². The third kappa shape index (κ3) is 5.60. The van der Waals surface area contributed by atoms with E-state index in [1.54, 1.807) is 19.1 Å². The summed E-state index contributed by atoms with van der Waals surface area (Å²) in [5.41, 5.74) is 12.3. The van der Waals surface area contributed by atoms with E-state index in [2.05, 4.69) is 19.8 Å². The highest BCUT2D eigenvalue weighted by atomic mass is 16.5. The van der Waals surface area contributed by atoms with Gasteiger partial charge in [-0.3, -0.25) is 4.79 Å². The molecule has 3 saturated heterocycles. The monoisotopic (exact) mass is 471 g/mol. The average molecular weight is 472 g/mol. The van der Waals surface area contributed by atoms with E-state index < -0.39 is 0 Å². The highest BCUT2D eigenvalue weighted by Crippen LogP contribution is 2.37. The lowest BCUT2D eigenvalue weighted by Gasteiger charge is -2.50. The van der Waals surface area contributed by atoms with E-state index in [9.17, 15) is 4.79 Å². The van der Waals surface area contributed by atoms with Crippen LogP contribution in [0, 0.1) is 0 Å². The van der Waals surface area contributed by atoms with Crippen molar-refractivity contribution in [2.45, 2.75) is 83.0 Å². The second-order valence-electron chi connectivity index (χ2n) is 9.52. The molecule has 2 unspecified atom stereocenters. The van der Waals surface area contributed by atoms with Crippen molar-refractivity contribution >= 4 is 23.5 Å². The van der Waals surface area contributed by atoms with Crippen LogP contribution < -0.4 is 21.1 Å². The number of nitrogens with two attached hydrogens (primary N) is 2. The SMILES string of the molecule is CCC(=O)N1[C@@H]2CCC[C@H]1CC(N(C)c1nc(/N=C(N)\C=C(\C)N)cc(OC3CCOC3)n1)C2. The number of amides is 1. The molecule has 1 aromatic heterocycles. The molecular formula is C24H37N7O3. The van der Waals surface area contributed by atoms with Gasteiger partial charge in [0, 0.05) is 49.8 Å². The maximum atomic E-state index is 12.6. The van der Waals surface area contributed by atoms with Gasteiger partial charge in [-0.2, -0.15) is 9.97 Å². The van der Waals surface area contributed by atoms with Crippen molar-refractivity contribution in [2.24, 2.45) is 16.5 Å². The summed E-state index contributed by atoms with van der Waals surface area (Å²) in [5, 5.41) is 0. The van der Waals surface area contributed by atoms with Gasteiger partial charge in [0.2, 0.25) is 17.7 Å². The van der Waals surface area contributed by atoms with Gasteiger partial charge in [0.15, 0.2) is 5.82 Å². The van der Waals surface area contributed by atoms with Gasteiger partial charge in [0.25, 0.3) is 0 Å². The maximum Gasteiger partial charge on any atom is 0.230 e. The number of ether oxygens (including phenoxy) is 2. The predicted molar refractivity (Wildman–Crippen MR) is 131 cm³/mol. The third-order valence-electron chi connectivity index (χ3n) is 6.88. The van der Waals surface area contributed by atoms with Crippen molar-refractivity contribution in [3.05, 3.63) is 17.8 Å². The highest BCUT2D eigenvalue weighted by molar-refractivity contribution is 5.93. The molecule has 3 fully saturated rings. The lowest BCUT2D eigenvalue weighted by Crippen LogP contribution is -2.58. The summed E-state index contributed by atoms with van der Waals surface area (Å²) in [6, 6.07) is 2.46. The molecule has 186 valence electrons. The number of hydrogen-bond donors (Lipinski definition) is 2. The number of piperidine rings is 2. The summed E-state index contributed by atoms with van der Waals surface area (Å²) in [4.78, 5) is 30.6. The molecule has 0 aromatic carbocycles. The average Bonchev–Trinajstić information content (AvgIpc) is 3.29. The summed E-state index contributed by atoms with van der Waals surface area (Å²) >= 11 is 0. The number of amidine groups is 1. The van der Waals surface area contributed by atoms with Crippen LogP contribution in [0.4, 0.5) is 11.8 Å². The molecule has 4 N–H and O–H groups in total. The predicted octanol–water partition coefficient (Wildman–Crippen LogP) is 2.25. The first-order valence-corrected chi connectivity index (χ1v) is 12.3. The molecule has 1 aromatic rings. The number of hydrogen-bond acceptors (Lipinski definition) is 8. The molecule has 34 heavy (non-hydrogen) atoms. The number of aliphatic imine (C=N–C) groups is 1. The molecule has 0 aliphatic carbocycles. The molecule has 4 rings (SSSR count). The fourth-order valence-corrected chi connectivity index (χ4v) is 5.27. The van der Waals surface area contributed by atoms with Crippen molar-refractivity contribution in [2.75, 3.05) is 25.2 Å². The quantitative estimate of drug-likeness (QED) is 0.457. The van der Waals surface area contributed by atoms with Crippen LogP contribution in [0.15, 0.2) is 22.8 Å². The Kier molecular flexibility index (Phi) is 7.55. The Balaban J connectivity index is 1.59. The van der Waals surface area contributed by atoms with Crippen LogP contribution in [-0.4, -0.2) is 71.1 Å². The number of nitrogens with zero attached hydrogens (tertiary/aromatic N) is 5. The first-order chi connectivity index (χ1) is 16.3. The van der Waals surface area contributed by atoms with Crippen LogP contribution in [0.5, 0.6) is 5.88 Å². The second kappa shape index (κ2) is 10.6. The highest BCUT2D eigenvalue weighted by Gasteiger charge is 2.41. The van der Waals surface area contributed by atoms with Crippen LogP contribution in [0.3, 0.4) is 0 Å². The lowest BCUT2D eigenvalue weighted by molar-refractivity contribution is -0.140. The van der Waals surface area contributed by atoms with Crippen molar-refractivity contribution in [1.82, 2.24) is 14.9 Å². The lowest BCUT2D eigenvalue weighted by atomic mass is 9.81. The Hall–Kier alpha value is -2.88. The number of carbonyl (C=O) groups is 1. The molecule has 10 nitrogen and oxygen atoms in total. The van der Waals surface area contributed by atoms with E-state index in [1.165, 1.54) is 6.42 Å². The van der Waals surface area contributed by atoms with Crippen LogP contribution in [0.25, 0.3) is 0 Å². The maximum absolute atomic E-state index is 12.6. The molecule has 3 aliphatic heterocycles. The summed E-state index contributed by atoms with van der Waals surface area (Å²) in [5.74, 6) is 1.93. The van der Waals surface area contributed by atoms with Crippen molar-refractivity contribution in [3.8, 4) is 5.88 Å². The van der Waals surface area contributed by atoms with Crippen LogP contribution in [0.1, 0.15) is 58.8 Å². The third-order valence-corrected chi connectivity index (χ3v) is 6.88. The number of aromatic nitrogens is 2. The van der Waals surface area contributed by atoms with Crippen molar-refractivity contribution in [3.63, 3.8) is 0 Å². The summed E-state index contributed by atoms with van der Waals surface area (Å²) in [6.07, 6.45) is 8.01. The molecule has 0 radical (unpaired) electrons. The zero-order valence-corrected chi connectivity index (χ0v) is 20.4. The molecular weight excluding hydrogens is 434 g/mol. The molecule has 10 heteroatoms. The Morgan fingerprint density at radius 3 is 2.65 bits per heavy atom. The Labute approximate surface area is 201 Å². The standard InChI is InChI=1S/C24H37N7O3/c1-4-23(32)31-16-6-5-7-17(31)12-18(11-16)30(3)24-28-21(27-20(26)10-15(2)25)13-22(29-24)34-19-8-9-33-14-19/h10,13,16-19H,4-9,11-12,14,25H2,1-3H3,(H2,26,27,28,29)/b15-10-/t16-,17+,18?,19?. The largest absolute Gasteiger partial charge is 0.472 e. The second-order valence-corrected chi connectivity index (χ2v) is 9.52. The molecule has 0 saturated carbocycles. The summed E-state index contributed by atoms with van der Waals surface area (Å²) < 4.78 is 11.5. The Bertz CT molecular complexity index is 926. The van der Waals surface area contributed by atoms with E-state index in [-0.39, 0.29) is 36.0 Å². The normalized spacial score (nSPS) is 27.6. The fourth-order valence-electron chi connectivity index (χ4n) is 5.27. The van der Waals surface area contributed by atoms with Gasteiger partial charge in [-0.15, -0.1) is 0 Å². The Morgan fingerprint density at radius 1 is 1.29 bits per heavy atom. The topological polar surface area (TPSA) is 132 Å². The number of anilines is 1. The van der Waals surface area contributed by atoms with Gasteiger partial charge in [-0.1, -0.05) is 6.92 Å². The molecule has 0 spiro atoms. The van der Waals surface area contributed by atoms with Gasteiger partial charge in [0.1, 0.15) is 11.9 Å². The van der Waals surface area contributed by atoms with Gasteiger partial charge < -0.3 is 30.7 Å². The van der Waals surface area contributed by atoms with E-state index >= 15 is 0 Å². The van der Waals surface area contributed by atoms with E-state index in [0.29, 0.717) is 43.0 Å². The van der Waals surface area contributed by atoms with Crippen LogP contribution in [-0.2, 0) is 9.53 Å². The van der Waals surface area contributed by atoms with E-state index in [4.69, 9.17) is 25.9 Å². The minimum absolute atomic E-state index is 0.0453. The van der Waals surface area contributed by atoms with Crippen molar-refractivity contribution < 1.29 is 14.3 Å². The van der Waals surface area contributed by atoms with E-state index in [1.807, 2.05) is 14.0 Å².